The maximum atomic E-state index is 5.28. The number of hydrogen-bond donors (Lipinski definition) is 1. The average Bonchev–Trinajstić information content (AvgIpc) is 2.65. The van der Waals surface area contributed by atoms with E-state index < -0.39 is 0 Å². The summed E-state index contributed by atoms with van der Waals surface area (Å²) in [5, 5.41) is 3.32. The minimum atomic E-state index is 0.337. The van der Waals surface area contributed by atoms with Crippen molar-refractivity contribution in [2.75, 3.05) is 30.7 Å². The molecule has 76 valence electrons. The molecule has 4 heteroatoms. The highest BCUT2D eigenvalue weighted by Crippen LogP contribution is 2.34. The first-order chi connectivity index (χ1) is 6.90. The fraction of sp³-hybridized carbons (Fsp3) is 0.400. The summed E-state index contributed by atoms with van der Waals surface area (Å²) in [5.74, 6) is 2.77. The molecule has 0 aliphatic carbocycles. The van der Waals surface area contributed by atoms with E-state index in [1.54, 1.807) is 0 Å². The lowest BCUT2D eigenvalue weighted by Gasteiger charge is -2.05. The molecule has 0 bridgehead atoms. The zero-order valence-corrected chi connectivity index (χ0v) is 8.89. The Morgan fingerprint density at radius 3 is 3.07 bits per heavy atom. The first kappa shape index (κ1) is 9.52. The smallest absolute Gasteiger partial charge is 0.231 e. The molecule has 0 saturated heterocycles. The first-order valence-electron chi connectivity index (χ1n) is 4.52. The molecule has 1 aliphatic heterocycles. The zero-order valence-electron chi connectivity index (χ0n) is 8.08. The van der Waals surface area contributed by atoms with Crippen LogP contribution in [0.25, 0.3) is 0 Å². The molecule has 0 saturated carbocycles. The van der Waals surface area contributed by atoms with Gasteiger partial charge in [0.1, 0.15) is 0 Å². The number of ether oxygens (including phenoxy) is 2. The SMILES string of the molecule is CSCCNc1ccc2c(c1)OCO2. The van der Waals surface area contributed by atoms with Crippen molar-refractivity contribution in [1.29, 1.82) is 0 Å². The van der Waals surface area contributed by atoms with Crippen LogP contribution in [0.3, 0.4) is 0 Å². The first-order valence-corrected chi connectivity index (χ1v) is 5.92. The molecule has 0 atom stereocenters. The standard InChI is InChI=1S/C10H13NO2S/c1-14-5-4-11-8-2-3-9-10(6-8)13-7-12-9/h2-3,6,11H,4-5,7H2,1H3. The normalized spacial score (nSPS) is 12.9. The fourth-order valence-corrected chi connectivity index (χ4v) is 1.61. The van der Waals surface area contributed by atoms with Gasteiger partial charge in [-0.1, -0.05) is 0 Å². The zero-order chi connectivity index (χ0) is 9.80. The van der Waals surface area contributed by atoms with Gasteiger partial charge in [0.2, 0.25) is 6.79 Å². The Kier molecular flexibility index (Phi) is 3.03. The maximum absolute atomic E-state index is 5.28. The maximum Gasteiger partial charge on any atom is 0.231 e. The van der Waals surface area contributed by atoms with E-state index in [9.17, 15) is 0 Å². The Bertz CT molecular complexity index is 317. The third kappa shape index (κ3) is 2.07. The van der Waals surface area contributed by atoms with Crippen LogP contribution in [0.2, 0.25) is 0 Å². The molecule has 0 aromatic heterocycles. The monoisotopic (exact) mass is 211 g/mol. The van der Waals surface area contributed by atoms with Crippen molar-refractivity contribution in [2.24, 2.45) is 0 Å². The summed E-state index contributed by atoms with van der Waals surface area (Å²) in [6, 6.07) is 5.92. The highest BCUT2D eigenvalue weighted by molar-refractivity contribution is 7.98. The number of fused-ring (bicyclic) bond motifs is 1. The van der Waals surface area contributed by atoms with E-state index in [0.717, 1.165) is 29.5 Å². The second kappa shape index (κ2) is 4.46. The van der Waals surface area contributed by atoms with E-state index in [4.69, 9.17) is 9.47 Å². The number of thioether (sulfide) groups is 1. The summed E-state index contributed by atoms with van der Waals surface area (Å²) < 4.78 is 10.5. The third-order valence-corrected chi connectivity index (χ3v) is 2.62. The highest BCUT2D eigenvalue weighted by atomic mass is 32.2. The minimum Gasteiger partial charge on any atom is -0.454 e. The molecule has 0 spiro atoms. The molecule has 0 radical (unpaired) electrons. The summed E-state index contributed by atoms with van der Waals surface area (Å²) in [4.78, 5) is 0. The summed E-state index contributed by atoms with van der Waals surface area (Å²) >= 11 is 1.83. The minimum absolute atomic E-state index is 0.337. The molecule has 14 heavy (non-hydrogen) atoms. The number of rotatable bonds is 4. The van der Waals surface area contributed by atoms with E-state index >= 15 is 0 Å². The molecular weight excluding hydrogens is 198 g/mol. The molecule has 0 amide bonds. The van der Waals surface area contributed by atoms with Gasteiger partial charge in [0, 0.05) is 24.1 Å². The lowest BCUT2D eigenvalue weighted by atomic mass is 10.3. The second-order valence-electron chi connectivity index (χ2n) is 2.99. The number of hydrogen-bond acceptors (Lipinski definition) is 4. The van der Waals surface area contributed by atoms with Gasteiger partial charge in [-0.05, 0) is 18.4 Å². The van der Waals surface area contributed by atoms with E-state index in [2.05, 4.69) is 11.6 Å². The van der Waals surface area contributed by atoms with E-state index in [0.29, 0.717) is 6.79 Å². The van der Waals surface area contributed by atoms with Crippen molar-refractivity contribution in [3.05, 3.63) is 18.2 Å². The summed E-state index contributed by atoms with van der Waals surface area (Å²) in [6.45, 7) is 1.31. The van der Waals surface area contributed by atoms with Gasteiger partial charge in [0.05, 0.1) is 0 Å². The molecule has 1 heterocycles. The Balaban J connectivity index is 1.98. The largest absolute Gasteiger partial charge is 0.454 e. The second-order valence-corrected chi connectivity index (χ2v) is 3.97. The summed E-state index contributed by atoms with van der Waals surface area (Å²) in [6.07, 6.45) is 2.10. The summed E-state index contributed by atoms with van der Waals surface area (Å²) in [5.41, 5.74) is 1.09. The predicted octanol–water partition coefficient (Wildman–Crippen LogP) is 2.19. The highest BCUT2D eigenvalue weighted by Gasteiger charge is 2.12. The van der Waals surface area contributed by atoms with Crippen molar-refractivity contribution in [1.82, 2.24) is 0 Å². The molecule has 1 aromatic rings. The Labute approximate surface area is 87.8 Å². The fourth-order valence-electron chi connectivity index (χ4n) is 1.30. The van der Waals surface area contributed by atoms with Gasteiger partial charge in [0.25, 0.3) is 0 Å². The van der Waals surface area contributed by atoms with Crippen molar-refractivity contribution >= 4 is 17.4 Å². The number of benzene rings is 1. The van der Waals surface area contributed by atoms with Crippen LogP contribution < -0.4 is 14.8 Å². The van der Waals surface area contributed by atoms with Gasteiger partial charge in [-0.3, -0.25) is 0 Å². The topological polar surface area (TPSA) is 30.5 Å². The van der Waals surface area contributed by atoms with Crippen LogP contribution in [-0.2, 0) is 0 Å². The molecular formula is C10H13NO2S. The van der Waals surface area contributed by atoms with Gasteiger partial charge in [0.15, 0.2) is 11.5 Å². The molecule has 1 aromatic carbocycles. The van der Waals surface area contributed by atoms with Crippen LogP contribution >= 0.6 is 11.8 Å². The quantitative estimate of drug-likeness (QED) is 0.773. The Hall–Kier alpha value is -1.03. The van der Waals surface area contributed by atoms with E-state index in [1.807, 2.05) is 30.0 Å². The van der Waals surface area contributed by atoms with Crippen LogP contribution in [0.1, 0.15) is 0 Å². The van der Waals surface area contributed by atoms with E-state index in [1.165, 1.54) is 0 Å². The molecule has 1 N–H and O–H groups in total. The molecule has 1 aliphatic rings. The predicted molar refractivity (Wildman–Crippen MR) is 59.4 cm³/mol. The van der Waals surface area contributed by atoms with Crippen LogP contribution in [0.4, 0.5) is 5.69 Å². The molecule has 2 rings (SSSR count). The summed E-state index contributed by atoms with van der Waals surface area (Å²) in [7, 11) is 0. The number of anilines is 1. The Morgan fingerprint density at radius 1 is 1.36 bits per heavy atom. The van der Waals surface area contributed by atoms with Gasteiger partial charge < -0.3 is 14.8 Å². The van der Waals surface area contributed by atoms with Gasteiger partial charge in [-0.25, -0.2) is 0 Å². The lowest BCUT2D eigenvalue weighted by molar-refractivity contribution is 0.174. The van der Waals surface area contributed by atoms with Crippen LogP contribution in [0.5, 0.6) is 11.5 Å². The van der Waals surface area contributed by atoms with E-state index in [-0.39, 0.29) is 0 Å². The Morgan fingerprint density at radius 2 is 2.21 bits per heavy atom. The van der Waals surface area contributed by atoms with Gasteiger partial charge >= 0.3 is 0 Å². The number of nitrogens with one attached hydrogen (secondary N) is 1. The van der Waals surface area contributed by atoms with Crippen LogP contribution in [0, 0.1) is 0 Å². The van der Waals surface area contributed by atoms with Crippen molar-refractivity contribution in [2.45, 2.75) is 0 Å². The third-order valence-electron chi connectivity index (χ3n) is 2.01. The lowest BCUT2D eigenvalue weighted by Crippen LogP contribution is -2.03. The van der Waals surface area contributed by atoms with Gasteiger partial charge in [-0.2, -0.15) is 11.8 Å². The van der Waals surface area contributed by atoms with Crippen LogP contribution in [0.15, 0.2) is 18.2 Å². The van der Waals surface area contributed by atoms with Crippen molar-refractivity contribution in [3.63, 3.8) is 0 Å². The molecule has 0 unspecified atom stereocenters. The molecule has 3 nitrogen and oxygen atoms in total. The van der Waals surface area contributed by atoms with Gasteiger partial charge in [-0.15, -0.1) is 0 Å². The molecule has 0 fully saturated rings. The van der Waals surface area contributed by atoms with Crippen LogP contribution in [-0.4, -0.2) is 25.3 Å². The average molecular weight is 211 g/mol. The van der Waals surface area contributed by atoms with Crippen molar-refractivity contribution < 1.29 is 9.47 Å². The van der Waals surface area contributed by atoms with Crippen molar-refractivity contribution in [3.8, 4) is 11.5 Å².